The summed E-state index contributed by atoms with van der Waals surface area (Å²) in [5, 5.41) is 4.20. The Kier molecular flexibility index (Phi) is 4.37. The van der Waals surface area contributed by atoms with Gasteiger partial charge in [-0.05, 0) is 30.4 Å². The number of hydrogen-bond donors (Lipinski definition) is 0. The standard InChI is InChI=1S/C18H20N2O2/c1-20-12-17(11-19-20)15-8-5-9-16(10-15)18(21)22-13-14-6-3-2-4-7-14/h2-4,6-7,10-12,16H,5,8-9,13H2,1H3. The average molecular weight is 296 g/mol. The summed E-state index contributed by atoms with van der Waals surface area (Å²) in [6.07, 6.45) is 8.75. The van der Waals surface area contributed by atoms with Crippen LogP contribution in [0, 0.1) is 5.92 Å². The predicted molar refractivity (Wildman–Crippen MR) is 84.8 cm³/mol. The van der Waals surface area contributed by atoms with Crippen LogP contribution in [0.15, 0.2) is 48.8 Å². The number of esters is 1. The summed E-state index contributed by atoms with van der Waals surface area (Å²) >= 11 is 0. The van der Waals surface area contributed by atoms with Gasteiger partial charge in [-0.2, -0.15) is 5.10 Å². The summed E-state index contributed by atoms with van der Waals surface area (Å²) in [7, 11) is 1.90. The van der Waals surface area contributed by atoms with Crippen molar-refractivity contribution in [2.24, 2.45) is 13.0 Å². The van der Waals surface area contributed by atoms with Crippen LogP contribution in [-0.2, 0) is 23.2 Å². The van der Waals surface area contributed by atoms with Crippen molar-refractivity contribution in [2.45, 2.75) is 25.9 Å². The molecule has 1 aliphatic rings. The highest BCUT2D eigenvalue weighted by Crippen LogP contribution is 2.30. The van der Waals surface area contributed by atoms with Crippen LogP contribution in [0.2, 0.25) is 0 Å². The van der Waals surface area contributed by atoms with Gasteiger partial charge in [0.25, 0.3) is 0 Å². The summed E-state index contributed by atoms with van der Waals surface area (Å²) in [6.45, 7) is 0.340. The van der Waals surface area contributed by atoms with Crippen molar-refractivity contribution in [3.63, 3.8) is 0 Å². The van der Waals surface area contributed by atoms with Gasteiger partial charge in [0.1, 0.15) is 6.61 Å². The zero-order valence-electron chi connectivity index (χ0n) is 12.7. The van der Waals surface area contributed by atoms with Crippen LogP contribution in [0.3, 0.4) is 0 Å². The molecule has 2 aromatic rings. The van der Waals surface area contributed by atoms with E-state index in [9.17, 15) is 4.79 Å². The largest absolute Gasteiger partial charge is 0.460 e. The molecule has 0 bridgehead atoms. The first-order chi connectivity index (χ1) is 10.7. The molecular weight excluding hydrogens is 276 g/mol. The fraction of sp³-hybridized carbons (Fsp3) is 0.333. The molecule has 0 N–H and O–H groups in total. The fourth-order valence-corrected chi connectivity index (χ4v) is 2.77. The van der Waals surface area contributed by atoms with E-state index in [-0.39, 0.29) is 11.9 Å². The van der Waals surface area contributed by atoms with E-state index >= 15 is 0 Å². The molecule has 1 atom stereocenters. The first-order valence-electron chi connectivity index (χ1n) is 7.62. The van der Waals surface area contributed by atoms with Gasteiger partial charge < -0.3 is 4.74 Å². The van der Waals surface area contributed by atoms with Crippen molar-refractivity contribution in [3.05, 3.63) is 59.9 Å². The number of hydrogen-bond acceptors (Lipinski definition) is 3. The molecule has 1 unspecified atom stereocenters. The van der Waals surface area contributed by atoms with Gasteiger partial charge in [-0.1, -0.05) is 36.4 Å². The van der Waals surface area contributed by atoms with Crippen LogP contribution in [-0.4, -0.2) is 15.7 Å². The Bertz CT molecular complexity index is 673. The molecular formula is C18H20N2O2. The third-order valence-electron chi connectivity index (χ3n) is 3.97. The van der Waals surface area contributed by atoms with E-state index < -0.39 is 0 Å². The van der Waals surface area contributed by atoms with E-state index in [1.165, 1.54) is 5.57 Å². The molecule has 0 amide bonds. The molecule has 3 rings (SSSR count). The summed E-state index contributed by atoms with van der Waals surface area (Å²) in [5.74, 6) is -0.280. The lowest BCUT2D eigenvalue weighted by Gasteiger charge is -2.19. The zero-order valence-corrected chi connectivity index (χ0v) is 12.7. The Balaban J connectivity index is 1.64. The van der Waals surface area contributed by atoms with Crippen molar-refractivity contribution < 1.29 is 9.53 Å². The molecule has 0 saturated heterocycles. The van der Waals surface area contributed by atoms with E-state index in [2.05, 4.69) is 5.10 Å². The molecule has 0 spiro atoms. The summed E-state index contributed by atoms with van der Waals surface area (Å²) in [4.78, 5) is 12.3. The van der Waals surface area contributed by atoms with E-state index in [1.807, 2.05) is 55.8 Å². The Hall–Kier alpha value is -2.36. The van der Waals surface area contributed by atoms with Crippen LogP contribution < -0.4 is 0 Å². The minimum absolute atomic E-state index is 0.134. The van der Waals surface area contributed by atoms with Gasteiger partial charge in [0.05, 0.1) is 12.1 Å². The quantitative estimate of drug-likeness (QED) is 0.813. The molecule has 1 aromatic heterocycles. The third-order valence-corrected chi connectivity index (χ3v) is 3.97. The lowest BCUT2D eigenvalue weighted by atomic mass is 9.88. The van der Waals surface area contributed by atoms with Gasteiger partial charge >= 0.3 is 5.97 Å². The van der Waals surface area contributed by atoms with Crippen molar-refractivity contribution in [1.82, 2.24) is 9.78 Å². The SMILES string of the molecule is Cn1cc(C2=CC(C(=O)OCc3ccccc3)CCC2)cn1. The Morgan fingerprint density at radius 3 is 2.91 bits per heavy atom. The maximum Gasteiger partial charge on any atom is 0.313 e. The van der Waals surface area contributed by atoms with Crippen LogP contribution in [0.5, 0.6) is 0 Å². The van der Waals surface area contributed by atoms with Crippen molar-refractivity contribution in [2.75, 3.05) is 0 Å². The molecule has 1 heterocycles. The summed E-state index contributed by atoms with van der Waals surface area (Å²) in [5.41, 5.74) is 3.31. The lowest BCUT2D eigenvalue weighted by Crippen LogP contribution is -2.18. The van der Waals surface area contributed by atoms with Crippen molar-refractivity contribution in [3.8, 4) is 0 Å². The predicted octanol–water partition coefficient (Wildman–Crippen LogP) is 3.35. The molecule has 4 nitrogen and oxygen atoms in total. The van der Waals surface area contributed by atoms with Crippen LogP contribution >= 0.6 is 0 Å². The first kappa shape index (κ1) is 14.6. The summed E-state index contributed by atoms with van der Waals surface area (Å²) in [6, 6.07) is 9.78. The van der Waals surface area contributed by atoms with Gasteiger partial charge in [0.15, 0.2) is 0 Å². The molecule has 22 heavy (non-hydrogen) atoms. The Morgan fingerprint density at radius 2 is 2.18 bits per heavy atom. The highest BCUT2D eigenvalue weighted by atomic mass is 16.5. The smallest absolute Gasteiger partial charge is 0.313 e. The number of aromatic nitrogens is 2. The number of aryl methyl sites for hydroxylation is 1. The van der Waals surface area contributed by atoms with Gasteiger partial charge in [-0.3, -0.25) is 9.48 Å². The molecule has 0 radical (unpaired) electrons. The minimum Gasteiger partial charge on any atom is -0.460 e. The van der Waals surface area contributed by atoms with Crippen LogP contribution in [0.1, 0.15) is 30.4 Å². The van der Waals surface area contributed by atoms with Crippen LogP contribution in [0.25, 0.3) is 5.57 Å². The number of carbonyl (C=O) groups excluding carboxylic acids is 1. The Labute approximate surface area is 130 Å². The molecule has 1 aromatic carbocycles. The molecule has 0 aliphatic heterocycles. The first-order valence-corrected chi connectivity index (χ1v) is 7.62. The lowest BCUT2D eigenvalue weighted by molar-refractivity contribution is -0.148. The maximum atomic E-state index is 12.3. The summed E-state index contributed by atoms with van der Waals surface area (Å²) < 4.78 is 7.24. The van der Waals surface area contributed by atoms with Crippen molar-refractivity contribution >= 4 is 11.5 Å². The molecule has 4 heteroatoms. The van der Waals surface area contributed by atoms with E-state index in [4.69, 9.17) is 4.74 Å². The highest BCUT2D eigenvalue weighted by Gasteiger charge is 2.23. The van der Waals surface area contributed by atoms with Gasteiger partial charge in [-0.15, -0.1) is 0 Å². The Morgan fingerprint density at radius 1 is 1.36 bits per heavy atom. The fourth-order valence-electron chi connectivity index (χ4n) is 2.77. The number of allylic oxidation sites excluding steroid dienone is 1. The van der Waals surface area contributed by atoms with Gasteiger partial charge in [-0.25, -0.2) is 0 Å². The second-order valence-electron chi connectivity index (χ2n) is 5.69. The van der Waals surface area contributed by atoms with Crippen molar-refractivity contribution in [1.29, 1.82) is 0 Å². The molecule has 0 saturated carbocycles. The molecule has 1 aliphatic carbocycles. The highest BCUT2D eigenvalue weighted by molar-refractivity contribution is 5.79. The normalized spacial score (nSPS) is 17.9. The third kappa shape index (κ3) is 3.45. The topological polar surface area (TPSA) is 44.1 Å². The number of ether oxygens (including phenoxy) is 1. The molecule has 114 valence electrons. The van der Waals surface area contributed by atoms with Crippen LogP contribution in [0.4, 0.5) is 0 Å². The van der Waals surface area contributed by atoms with E-state index in [1.54, 1.807) is 4.68 Å². The second-order valence-corrected chi connectivity index (χ2v) is 5.69. The average Bonchev–Trinajstić information content (AvgIpc) is 3.00. The molecule has 0 fully saturated rings. The number of nitrogens with zero attached hydrogens (tertiary/aromatic N) is 2. The maximum absolute atomic E-state index is 12.3. The van der Waals surface area contributed by atoms with Gasteiger partial charge in [0, 0.05) is 18.8 Å². The number of rotatable bonds is 4. The number of benzene rings is 1. The van der Waals surface area contributed by atoms with Gasteiger partial charge in [0.2, 0.25) is 0 Å². The van der Waals surface area contributed by atoms with E-state index in [0.29, 0.717) is 6.61 Å². The zero-order chi connectivity index (χ0) is 15.4. The number of carbonyl (C=O) groups is 1. The minimum atomic E-state index is -0.146. The van der Waals surface area contributed by atoms with E-state index in [0.717, 1.165) is 30.4 Å². The monoisotopic (exact) mass is 296 g/mol. The second kappa shape index (κ2) is 6.60.